The number of carboxylic acid groups (broad SMARTS) is 1. The van der Waals surface area contributed by atoms with E-state index >= 15 is 0 Å². The maximum atomic E-state index is 12.3. The lowest BCUT2D eigenvalue weighted by Crippen LogP contribution is -2.34. The van der Waals surface area contributed by atoms with E-state index in [0.717, 1.165) is 0 Å². The normalized spacial score (nSPS) is 12.2. The molecule has 0 bridgehead atoms. The van der Waals surface area contributed by atoms with Gasteiger partial charge in [0.2, 0.25) is 0 Å². The van der Waals surface area contributed by atoms with E-state index in [9.17, 15) is 9.59 Å². The second-order valence-corrected chi connectivity index (χ2v) is 6.08. The van der Waals surface area contributed by atoms with E-state index in [0.29, 0.717) is 36.0 Å². The Balaban J connectivity index is 1.65. The SMILES string of the molecule is O=C(NC(=S)Nc1ccc(C(=O)O)c(Cl)c1)c1ccc2c(c1)OCCO2. The first-order valence-corrected chi connectivity index (χ1v) is 8.27. The number of hydrogen-bond acceptors (Lipinski definition) is 5. The number of thiocarbonyl (C=S) groups is 1. The van der Waals surface area contributed by atoms with E-state index in [1.165, 1.54) is 18.2 Å². The lowest BCUT2D eigenvalue weighted by molar-refractivity contribution is 0.0697. The molecule has 0 saturated carbocycles. The van der Waals surface area contributed by atoms with Crippen LogP contribution in [0.5, 0.6) is 11.5 Å². The summed E-state index contributed by atoms with van der Waals surface area (Å²) in [5, 5.41) is 14.4. The Bertz CT molecular complexity index is 903. The van der Waals surface area contributed by atoms with Crippen LogP contribution in [0, 0.1) is 0 Å². The monoisotopic (exact) mass is 392 g/mol. The van der Waals surface area contributed by atoms with Crippen LogP contribution in [0.2, 0.25) is 5.02 Å². The minimum absolute atomic E-state index is 0.0246. The van der Waals surface area contributed by atoms with Crippen LogP contribution in [0.1, 0.15) is 20.7 Å². The van der Waals surface area contributed by atoms with Gasteiger partial charge in [0.25, 0.3) is 5.91 Å². The summed E-state index contributed by atoms with van der Waals surface area (Å²) in [7, 11) is 0. The largest absolute Gasteiger partial charge is 0.486 e. The van der Waals surface area contributed by atoms with E-state index in [1.54, 1.807) is 18.2 Å². The zero-order valence-electron chi connectivity index (χ0n) is 13.2. The average Bonchev–Trinajstić information content (AvgIpc) is 2.60. The van der Waals surface area contributed by atoms with Gasteiger partial charge in [0.05, 0.1) is 10.6 Å². The lowest BCUT2D eigenvalue weighted by Gasteiger charge is -2.18. The maximum absolute atomic E-state index is 12.3. The number of aromatic carboxylic acids is 1. The highest BCUT2D eigenvalue weighted by Crippen LogP contribution is 2.30. The summed E-state index contributed by atoms with van der Waals surface area (Å²) in [5.74, 6) is -0.468. The molecule has 0 atom stereocenters. The van der Waals surface area contributed by atoms with E-state index in [-0.39, 0.29) is 15.7 Å². The van der Waals surface area contributed by atoms with Crippen LogP contribution in [0.25, 0.3) is 0 Å². The highest BCUT2D eigenvalue weighted by molar-refractivity contribution is 7.80. The molecule has 3 N–H and O–H groups in total. The summed E-state index contributed by atoms with van der Waals surface area (Å²) in [6.45, 7) is 0.890. The van der Waals surface area contributed by atoms with Gasteiger partial charge in [-0.05, 0) is 48.6 Å². The average molecular weight is 393 g/mol. The number of benzene rings is 2. The van der Waals surface area contributed by atoms with Crippen LogP contribution in [-0.4, -0.2) is 35.3 Å². The molecule has 3 rings (SSSR count). The molecule has 0 saturated heterocycles. The van der Waals surface area contributed by atoms with Gasteiger partial charge < -0.3 is 19.9 Å². The number of halogens is 1. The highest BCUT2D eigenvalue weighted by atomic mass is 35.5. The van der Waals surface area contributed by atoms with Gasteiger partial charge in [-0.2, -0.15) is 0 Å². The van der Waals surface area contributed by atoms with Crippen molar-refractivity contribution in [3.8, 4) is 11.5 Å². The quantitative estimate of drug-likeness (QED) is 0.691. The zero-order chi connectivity index (χ0) is 18.7. The number of amides is 1. The minimum atomic E-state index is -1.13. The van der Waals surface area contributed by atoms with Crippen LogP contribution in [-0.2, 0) is 0 Å². The summed E-state index contributed by atoms with van der Waals surface area (Å²) < 4.78 is 10.8. The Labute approximate surface area is 158 Å². The number of hydrogen-bond donors (Lipinski definition) is 3. The van der Waals surface area contributed by atoms with Gasteiger partial charge >= 0.3 is 5.97 Å². The standard InChI is InChI=1S/C17H13ClN2O5S/c18-12-8-10(2-3-11(12)16(22)23)19-17(26)20-15(21)9-1-4-13-14(7-9)25-6-5-24-13/h1-4,7-8H,5-6H2,(H,22,23)(H2,19,20,21,26). The van der Waals surface area contributed by atoms with Gasteiger partial charge in [-0.3, -0.25) is 10.1 Å². The Morgan fingerprint density at radius 3 is 2.50 bits per heavy atom. The molecule has 134 valence electrons. The first-order chi connectivity index (χ1) is 12.4. The smallest absolute Gasteiger partial charge is 0.337 e. The van der Waals surface area contributed by atoms with Crippen molar-refractivity contribution in [2.75, 3.05) is 18.5 Å². The molecule has 1 heterocycles. The molecule has 0 aromatic heterocycles. The molecule has 9 heteroatoms. The first-order valence-electron chi connectivity index (χ1n) is 7.49. The second kappa shape index (κ2) is 7.59. The molecule has 2 aromatic carbocycles. The zero-order valence-corrected chi connectivity index (χ0v) is 14.8. The van der Waals surface area contributed by atoms with E-state index < -0.39 is 11.9 Å². The summed E-state index contributed by atoms with van der Waals surface area (Å²) in [6.07, 6.45) is 0. The highest BCUT2D eigenvalue weighted by Gasteiger charge is 2.16. The van der Waals surface area contributed by atoms with Crippen molar-refractivity contribution < 1.29 is 24.2 Å². The summed E-state index contributed by atoms with van der Waals surface area (Å²) in [5.41, 5.74) is 0.786. The molecule has 2 aromatic rings. The van der Waals surface area contributed by atoms with Crippen molar-refractivity contribution in [3.05, 3.63) is 52.5 Å². The van der Waals surface area contributed by atoms with Crippen molar-refractivity contribution in [1.82, 2.24) is 5.32 Å². The minimum Gasteiger partial charge on any atom is -0.486 e. The first kappa shape index (κ1) is 18.0. The van der Waals surface area contributed by atoms with Crippen LogP contribution < -0.4 is 20.1 Å². The third-order valence-corrected chi connectivity index (χ3v) is 4.01. The van der Waals surface area contributed by atoms with E-state index in [4.69, 9.17) is 38.4 Å². The molecule has 1 aliphatic heterocycles. The topological polar surface area (TPSA) is 96.9 Å². The Hall–Kier alpha value is -2.84. The fourth-order valence-electron chi connectivity index (χ4n) is 2.29. The number of nitrogens with one attached hydrogen (secondary N) is 2. The molecule has 0 radical (unpaired) electrons. The van der Waals surface area contributed by atoms with Crippen molar-refractivity contribution in [2.45, 2.75) is 0 Å². The summed E-state index contributed by atoms with van der Waals surface area (Å²) in [6, 6.07) is 9.09. The number of carbonyl (C=O) groups is 2. The summed E-state index contributed by atoms with van der Waals surface area (Å²) >= 11 is 11.0. The molecular weight excluding hydrogens is 380 g/mol. The van der Waals surface area contributed by atoms with Crippen molar-refractivity contribution in [3.63, 3.8) is 0 Å². The van der Waals surface area contributed by atoms with Gasteiger partial charge in [-0.15, -0.1) is 0 Å². The number of ether oxygens (including phenoxy) is 2. The number of carboxylic acids is 1. The van der Waals surface area contributed by atoms with Gasteiger partial charge in [-0.1, -0.05) is 11.6 Å². The fourth-order valence-corrected chi connectivity index (χ4v) is 2.76. The molecule has 0 unspecified atom stereocenters. The Morgan fingerprint density at radius 1 is 1.08 bits per heavy atom. The predicted octanol–water partition coefficient (Wildman–Crippen LogP) is 2.94. The second-order valence-electron chi connectivity index (χ2n) is 5.27. The number of anilines is 1. The maximum Gasteiger partial charge on any atom is 0.337 e. The van der Waals surface area contributed by atoms with Crippen LogP contribution in [0.15, 0.2) is 36.4 Å². The van der Waals surface area contributed by atoms with Gasteiger partial charge in [0.1, 0.15) is 13.2 Å². The van der Waals surface area contributed by atoms with E-state index in [2.05, 4.69) is 10.6 Å². The molecular formula is C17H13ClN2O5S. The molecule has 0 fully saturated rings. The summed E-state index contributed by atoms with van der Waals surface area (Å²) in [4.78, 5) is 23.3. The number of fused-ring (bicyclic) bond motifs is 1. The van der Waals surface area contributed by atoms with Crippen molar-refractivity contribution in [2.24, 2.45) is 0 Å². The van der Waals surface area contributed by atoms with Crippen molar-refractivity contribution >= 4 is 46.5 Å². The fraction of sp³-hybridized carbons (Fsp3) is 0.118. The van der Waals surface area contributed by atoms with Gasteiger partial charge in [0.15, 0.2) is 16.6 Å². The van der Waals surface area contributed by atoms with Crippen LogP contribution in [0.3, 0.4) is 0 Å². The van der Waals surface area contributed by atoms with Gasteiger partial charge in [0, 0.05) is 11.3 Å². The Kier molecular flexibility index (Phi) is 5.24. The molecule has 1 aliphatic rings. The number of carbonyl (C=O) groups excluding carboxylic acids is 1. The predicted molar refractivity (Wildman–Crippen MR) is 99.5 cm³/mol. The Morgan fingerprint density at radius 2 is 1.81 bits per heavy atom. The third-order valence-electron chi connectivity index (χ3n) is 3.49. The van der Waals surface area contributed by atoms with E-state index in [1.807, 2.05) is 0 Å². The molecule has 26 heavy (non-hydrogen) atoms. The third kappa shape index (κ3) is 4.04. The molecule has 0 aliphatic carbocycles. The van der Waals surface area contributed by atoms with Gasteiger partial charge in [-0.25, -0.2) is 4.79 Å². The molecule has 7 nitrogen and oxygen atoms in total. The van der Waals surface area contributed by atoms with Crippen molar-refractivity contribution in [1.29, 1.82) is 0 Å². The lowest BCUT2D eigenvalue weighted by atomic mass is 10.2. The van der Waals surface area contributed by atoms with Crippen LogP contribution >= 0.6 is 23.8 Å². The molecule has 0 spiro atoms. The molecule has 1 amide bonds. The van der Waals surface area contributed by atoms with Crippen LogP contribution in [0.4, 0.5) is 5.69 Å². The number of rotatable bonds is 3.